The molecule has 0 aromatic rings. The van der Waals surface area contributed by atoms with Gasteiger partial charge in [-0.1, -0.05) is 15.9 Å². The van der Waals surface area contributed by atoms with E-state index in [1.807, 2.05) is 0 Å². The Morgan fingerprint density at radius 2 is 1.56 bits per heavy atom. The number of aliphatic hydroxyl groups is 2. The Balaban J connectivity index is 2.41. The van der Waals surface area contributed by atoms with Crippen molar-refractivity contribution in [3.05, 3.63) is 0 Å². The highest BCUT2D eigenvalue weighted by atomic mass is 79.9. The molecule has 0 heterocycles. The first-order chi connectivity index (χ1) is 4.22. The lowest BCUT2D eigenvalue weighted by Crippen LogP contribution is -2.36. The number of rotatable bonds is 0. The largest absolute Gasteiger partial charge is 0.392 e. The molecule has 54 valence electrons. The van der Waals surface area contributed by atoms with Gasteiger partial charge in [-0.3, -0.25) is 0 Å². The Labute approximate surface area is 63.0 Å². The average molecular weight is 195 g/mol. The Kier molecular flexibility index (Phi) is 2.50. The molecule has 2 N–H and O–H groups in total. The minimum atomic E-state index is -0.353. The van der Waals surface area contributed by atoms with Gasteiger partial charge in [0.15, 0.2) is 0 Å². The van der Waals surface area contributed by atoms with Gasteiger partial charge >= 0.3 is 0 Å². The van der Waals surface area contributed by atoms with Crippen LogP contribution in [0.15, 0.2) is 0 Å². The van der Waals surface area contributed by atoms with Crippen molar-refractivity contribution in [3.63, 3.8) is 0 Å². The molecule has 0 bridgehead atoms. The Hall–Kier alpha value is 0.400. The first-order valence-corrected chi connectivity index (χ1v) is 4.13. The van der Waals surface area contributed by atoms with E-state index in [4.69, 9.17) is 10.2 Å². The van der Waals surface area contributed by atoms with E-state index in [1.54, 1.807) is 0 Å². The van der Waals surface area contributed by atoms with Crippen LogP contribution in [-0.4, -0.2) is 27.2 Å². The van der Waals surface area contributed by atoms with E-state index in [0.29, 0.717) is 0 Å². The summed E-state index contributed by atoms with van der Waals surface area (Å²) in [4.78, 5) is -0.105. The molecule has 3 heteroatoms. The van der Waals surface area contributed by atoms with Crippen molar-refractivity contribution in [3.8, 4) is 0 Å². The molecular formula is C6H11BrO2. The molecule has 0 spiro atoms. The fourth-order valence-electron chi connectivity index (χ4n) is 1.11. The lowest BCUT2D eigenvalue weighted by atomic mass is 9.95. The molecule has 0 radical (unpaired) electrons. The van der Waals surface area contributed by atoms with Crippen LogP contribution in [0.2, 0.25) is 0 Å². The monoisotopic (exact) mass is 194 g/mol. The second-order valence-electron chi connectivity index (χ2n) is 2.51. The van der Waals surface area contributed by atoms with Gasteiger partial charge in [0.2, 0.25) is 0 Å². The first-order valence-electron chi connectivity index (χ1n) is 3.22. The highest BCUT2D eigenvalue weighted by Gasteiger charge is 2.27. The molecule has 1 rings (SSSR count). The molecule has 0 unspecified atom stereocenters. The zero-order chi connectivity index (χ0) is 6.85. The summed E-state index contributed by atoms with van der Waals surface area (Å²) in [6.07, 6.45) is 1.85. The van der Waals surface area contributed by atoms with Crippen LogP contribution in [0.25, 0.3) is 0 Å². The summed E-state index contributed by atoms with van der Waals surface area (Å²) in [6.45, 7) is 0. The van der Waals surface area contributed by atoms with Crippen molar-refractivity contribution >= 4 is 15.9 Å². The quantitative estimate of drug-likeness (QED) is 0.557. The van der Waals surface area contributed by atoms with Crippen LogP contribution in [0.5, 0.6) is 0 Å². The number of alkyl halides is 1. The summed E-state index contributed by atoms with van der Waals surface area (Å²) in [5, 5.41) is 18.3. The normalized spacial score (nSPS) is 39.0. The van der Waals surface area contributed by atoms with E-state index in [2.05, 4.69) is 15.9 Å². The zero-order valence-corrected chi connectivity index (χ0v) is 6.71. The molecule has 1 saturated carbocycles. The van der Waals surface area contributed by atoms with Gasteiger partial charge in [0, 0.05) is 0 Å². The molecule has 0 aromatic carbocycles. The summed E-state index contributed by atoms with van der Waals surface area (Å²) in [5.74, 6) is 0. The van der Waals surface area contributed by atoms with E-state index in [0.717, 1.165) is 19.3 Å². The minimum absolute atomic E-state index is 0.105. The van der Waals surface area contributed by atoms with Gasteiger partial charge < -0.3 is 10.2 Å². The summed E-state index contributed by atoms with van der Waals surface area (Å²) >= 11 is 3.22. The molecule has 0 saturated heterocycles. The molecule has 9 heavy (non-hydrogen) atoms. The van der Waals surface area contributed by atoms with E-state index in [1.165, 1.54) is 0 Å². The molecule has 0 aliphatic heterocycles. The standard InChI is InChI=1S/C6H11BrO2/c7-6-4(8)2-1-3-5(6)9/h4-6,8-9H,1-3H2/t4-,5-/m1/s1. The van der Waals surface area contributed by atoms with Crippen LogP contribution in [0.1, 0.15) is 19.3 Å². The van der Waals surface area contributed by atoms with Crippen molar-refractivity contribution in [2.75, 3.05) is 0 Å². The second kappa shape index (κ2) is 2.99. The lowest BCUT2D eigenvalue weighted by molar-refractivity contribution is 0.0511. The van der Waals surface area contributed by atoms with Gasteiger partial charge in [0.25, 0.3) is 0 Å². The molecule has 2 atom stereocenters. The SMILES string of the molecule is O[C@@H]1CCC[C@@H](O)C1Br. The maximum Gasteiger partial charge on any atom is 0.0690 e. The molecular weight excluding hydrogens is 184 g/mol. The molecule has 0 aromatic heterocycles. The average Bonchev–Trinajstić information content (AvgIpc) is 1.83. The van der Waals surface area contributed by atoms with Crippen molar-refractivity contribution in [1.82, 2.24) is 0 Å². The van der Waals surface area contributed by atoms with Gasteiger partial charge in [-0.2, -0.15) is 0 Å². The Bertz CT molecular complexity index is 87.1. The molecule has 0 amide bonds. The number of halogens is 1. The fourth-order valence-corrected chi connectivity index (χ4v) is 1.64. The van der Waals surface area contributed by atoms with Crippen LogP contribution < -0.4 is 0 Å². The molecule has 1 fully saturated rings. The number of hydrogen-bond donors (Lipinski definition) is 2. The van der Waals surface area contributed by atoms with E-state index in [9.17, 15) is 0 Å². The van der Waals surface area contributed by atoms with E-state index < -0.39 is 0 Å². The fraction of sp³-hybridized carbons (Fsp3) is 1.00. The maximum absolute atomic E-state index is 9.14. The predicted octanol–water partition coefficient (Wildman–Crippen LogP) is 0.656. The number of aliphatic hydroxyl groups excluding tert-OH is 2. The number of hydrogen-bond acceptors (Lipinski definition) is 2. The smallest absolute Gasteiger partial charge is 0.0690 e. The van der Waals surface area contributed by atoms with Gasteiger partial charge in [0.05, 0.1) is 17.0 Å². The minimum Gasteiger partial charge on any atom is -0.392 e. The van der Waals surface area contributed by atoms with Crippen molar-refractivity contribution in [2.45, 2.75) is 36.3 Å². The second-order valence-corrected chi connectivity index (χ2v) is 3.57. The summed E-state index contributed by atoms with van der Waals surface area (Å²) in [5.41, 5.74) is 0. The van der Waals surface area contributed by atoms with Gasteiger partial charge in [-0.05, 0) is 19.3 Å². The zero-order valence-electron chi connectivity index (χ0n) is 5.13. The van der Waals surface area contributed by atoms with E-state index >= 15 is 0 Å². The summed E-state index contributed by atoms with van der Waals surface area (Å²) < 4.78 is 0. The Morgan fingerprint density at radius 3 is 1.89 bits per heavy atom. The highest BCUT2D eigenvalue weighted by molar-refractivity contribution is 9.09. The van der Waals surface area contributed by atoms with Crippen LogP contribution in [0.3, 0.4) is 0 Å². The Morgan fingerprint density at radius 1 is 1.11 bits per heavy atom. The van der Waals surface area contributed by atoms with E-state index in [-0.39, 0.29) is 17.0 Å². The highest BCUT2D eigenvalue weighted by Crippen LogP contribution is 2.24. The topological polar surface area (TPSA) is 40.5 Å². The molecule has 1 aliphatic rings. The van der Waals surface area contributed by atoms with Gasteiger partial charge in [-0.15, -0.1) is 0 Å². The summed E-state index contributed by atoms with van der Waals surface area (Å²) in [6, 6.07) is 0. The molecule has 1 aliphatic carbocycles. The first kappa shape index (κ1) is 7.51. The van der Waals surface area contributed by atoms with Crippen LogP contribution >= 0.6 is 15.9 Å². The third-order valence-corrected chi connectivity index (χ3v) is 2.96. The predicted molar refractivity (Wildman–Crippen MR) is 38.6 cm³/mol. The van der Waals surface area contributed by atoms with Crippen LogP contribution in [-0.2, 0) is 0 Å². The molecule has 2 nitrogen and oxygen atoms in total. The van der Waals surface area contributed by atoms with Gasteiger partial charge in [-0.25, -0.2) is 0 Å². The van der Waals surface area contributed by atoms with Crippen molar-refractivity contribution < 1.29 is 10.2 Å². The summed E-state index contributed by atoms with van der Waals surface area (Å²) in [7, 11) is 0. The van der Waals surface area contributed by atoms with Gasteiger partial charge in [0.1, 0.15) is 0 Å². The third kappa shape index (κ3) is 1.66. The lowest BCUT2D eigenvalue weighted by Gasteiger charge is -2.27. The van der Waals surface area contributed by atoms with Crippen molar-refractivity contribution in [1.29, 1.82) is 0 Å². The van der Waals surface area contributed by atoms with Crippen molar-refractivity contribution in [2.24, 2.45) is 0 Å². The van der Waals surface area contributed by atoms with Crippen LogP contribution in [0, 0.1) is 0 Å². The van der Waals surface area contributed by atoms with Crippen LogP contribution in [0.4, 0.5) is 0 Å². The third-order valence-electron chi connectivity index (χ3n) is 1.73. The maximum atomic E-state index is 9.14.